The molecule has 2 N–H and O–H groups in total. The Labute approximate surface area is 164 Å². The Morgan fingerprint density at radius 2 is 1.56 bits per heavy atom. The van der Waals surface area contributed by atoms with Gasteiger partial charge in [-0.3, -0.25) is 25.4 Å². The quantitative estimate of drug-likeness (QED) is 0.613. The van der Waals surface area contributed by atoms with E-state index in [-0.39, 0.29) is 0 Å². The lowest BCUT2D eigenvalue weighted by Gasteiger charge is -2.09. The van der Waals surface area contributed by atoms with Crippen molar-refractivity contribution in [1.82, 2.24) is 15.8 Å². The van der Waals surface area contributed by atoms with Crippen molar-refractivity contribution in [3.05, 3.63) is 94.2 Å². The number of nitrogens with one attached hydrogen (secondary N) is 2. The SMILES string of the molecule is O=C(NNC(=O)c1ccccc1Br)c1ccc(OCc2ccncc2)cc1. The van der Waals surface area contributed by atoms with Crippen LogP contribution >= 0.6 is 15.9 Å². The number of pyridine rings is 1. The van der Waals surface area contributed by atoms with Crippen molar-refractivity contribution in [3.63, 3.8) is 0 Å². The fourth-order valence-corrected chi connectivity index (χ4v) is 2.71. The minimum absolute atomic E-state index is 0.402. The number of rotatable bonds is 5. The van der Waals surface area contributed by atoms with Gasteiger partial charge in [0.15, 0.2) is 0 Å². The standard InChI is InChI=1S/C20H16BrN3O3/c21-18-4-2-1-3-17(18)20(26)24-23-19(25)15-5-7-16(8-6-15)27-13-14-9-11-22-12-10-14/h1-12H,13H2,(H,23,25)(H,24,26). The lowest BCUT2D eigenvalue weighted by Crippen LogP contribution is -2.41. The van der Waals surface area contributed by atoms with Gasteiger partial charge in [-0.15, -0.1) is 0 Å². The van der Waals surface area contributed by atoms with Crippen LogP contribution in [0.25, 0.3) is 0 Å². The Morgan fingerprint density at radius 3 is 2.26 bits per heavy atom. The van der Waals surface area contributed by atoms with Crippen LogP contribution < -0.4 is 15.6 Å². The van der Waals surface area contributed by atoms with Crippen molar-refractivity contribution >= 4 is 27.7 Å². The van der Waals surface area contributed by atoms with Crippen molar-refractivity contribution in [1.29, 1.82) is 0 Å². The molecule has 3 rings (SSSR count). The average Bonchev–Trinajstić information content (AvgIpc) is 2.72. The number of hydrogen-bond donors (Lipinski definition) is 2. The van der Waals surface area contributed by atoms with Gasteiger partial charge in [0.2, 0.25) is 0 Å². The van der Waals surface area contributed by atoms with Gasteiger partial charge in [0.05, 0.1) is 5.56 Å². The molecule has 0 spiro atoms. The van der Waals surface area contributed by atoms with E-state index in [2.05, 4.69) is 31.8 Å². The maximum atomic E-state index is 12.2. The highest BCUT2D eigenvalue weighted by molar-refractivity contribution is 9.10. The first-order valence-electron chi connectivity index (χ1n) is 8.10. The van der Waals surface area contributed by atoms with Crippen LogP contribution in [0.4, 0.5) is 0 Å². The molecule has 0 aliphatic rings. The zero-order valence-electron chi connectivity index (χ0n) is 14.2. The van der Waals surface area contributed by atoms with Crippen LogP contribution in [0, 0.1) is 0 Å². The Bertz CT molecular complexity index is 931. The summed E-state index contributed by atoms with van der Waals surface area (Å²) in [6.45, 7) is 0.413. The predicted octanol–water partition coefficient (Wildman–Crippen LogP) is 3.50. The summed E-state index contributed by atoms with van der Waals surface area (Å²) in [6, 6.07) is 17.3. The molecule has 2 amide bonds. The first kappa shape index (κ1) is 18.6. The molecule has 1 aromatic heterocycles. The van der Waals surface area contributed by atoms with Crippen molar-refractivity contribution in [2.24, 2.45) is 0 Å². The van der Waals surface area contributed by atoms with E-state index in [4.69, 9.17) is 4.74 Å². The van der Waals surface area contributed by atoms with Crippen molar-refractivity contribution in [3.8, 4) is 5.75 Å². The minimum atomic E-state index is -0.420. The van der Waals surface area contributed by atoms with Gasteiger partial charge in [-0.2, -0.15) is 0 Å². The van der Waals surface area contributed by atoms with Crippen LogP contribution in [-0.2, 0) is 6.61 Å². The minimum Gasteiger partial charge on any atom is -0.489 e. The third kappa shape index (κ3) is 5.15. The largest absolute Gasteiger partial charge is 0.489 e. The van der Waals surface area contributed by atoms with E-state index >= 15 is 0 Å². The summed E-state index contributed by atoms with van der Waals surface area (Å²) in [6.07, 6.45) is 3.41. The monoisotopic (exact) mass is 425 g/mol. The maximum absolute atomic E-state index is 12.2. The van der Waals surface area contributed by atoms with E-state index in [9.17, 15) is 9.59 Å². The van der Waals surface area contributed by atoms with Crippen LogP contribution in [0.1, 0.15) is 26.3 Å². The first-order chi connectivity index (χ1) is 13.1. The molecule has 0 fully saturated rings. The highest BCUT2D eigenvalue weighted by atomic mass is 79.9. The Hall–Kier alpha value is -3.19. The smallest absolute Gasteiger partial charge is 0.270 e. The number of carbonyl (C=O) groups is 2. The second kappa shape index (κ2) is 8.95. The second-order valence-electron chi connectivity index (χ2n) is 5.56. The summed E-state index contributed by atoms with van der Waals surface area (Å²) in [5, 5.41) is 0. The van der Waals surface area contributed by atoms with Crippen LogP contribution in [0.5, 0.6) is 5.75 Å². The number of amides is 2. The number of hydrazine groups is 1. The molecule has 0 bridgehead atoms. The highest BCUT2D eigenvalue weighted by Gasteiger charge is 2.11. The normalized spacial score (nSPS) is 10.1. The average molecular weight is 426 g/mol. The van der Waals surface area contributed by atoms with Gasteiger partial charge in [-0.1, -0.05) is 12.1 Å². The predicted molar refractivity (Wildman–Crippen MR) is 104 cm³/mol. The number of benzene rings is 2. The molecule has 0 atom stereocenters. The molecule has 0 aliphatic carbocycles. The van der Waals surface area contributed by atoms with Gasteiger partial charge < -0.3 is 4.74 Å². The third-order valence-electron chi connectivity index (χ3n) is 3.68. The molecule has 136 valence electrons. The molecule has 0 saturated heterocycles. The van der Waals surface area contributed by atoms with E-state index in [0.717, 1.165) is 5.56 Å². The van der Waals surface area contributed by atoms with Gasteiger partial charge in [0.25, 0.3) is 11.8 Å². The van der Waals surface area contributed by atoms with Gasteiger partial charge in [0, 0.05) is 22.4 Å². The lowest BCUT2D eigenvalue weighted by molar-refractivity contribution is 0.0846. The van der Waals surface area contributed by atoms with Crippen molar-refractivity contribution in [2.75, 3.05) is 0 Å². The summed E-state index contributed by atoms with van der Waals surface area (Å²) >= 11 is 3.30. The number of nitrogens with zero attached hydrogens (tertiary/aromatic N) is 1. The number of carbonyl (C=O) groups excluding carboxylic acids is 2. The van der Waals surface area contributed by atoms with Crippen LogP contribution in [0.3, 0.4) is 0 Å². The first-order valence-corrected chi connectivity index (χ1v) is 8.90. The van der Waals surface area contributed by atoms with Crippen LogP contribution in [0.15, 0.2) is 77.5 Å². The number of ether oxygens (including phenoxy) is 1. The Balaban J connectivity index is 1.53. The van der Waals surface area contributed by atoms with E-state index in [1.165, 1.54) is 0 Å². The summed E-state index contributed by atoms with van der Waals surface area (Å²) < 4.78 is 6.31. The van der Waals surface area contributed by atoms with Gasteiger partial charge in [-0.05, 0) is 70.0 Å². The maximum Gasteiger partial charge on any atom is 0.270 e. The third-order valence-corrected chi connectivity index (χ3v) is 4.37. The Kier molecular flexibility index (Phi) is 6.17. The number of halogens is 1. The summed E-state index contributed by atoms with van der Waals surface area (Å²) in [5.74, 6) is -0.190. The molecule has 2 aromatic carbocycles. The second-order valence-corrected chi connectivity index (χ2v) is 6.41. The molecule has 1 heterocycles. The highest BCUT2D eigenvalue weighted by Crippen LogP contribution is 2.16. The van der Waals surface area contributed by atoms with Crippen LogP contribution in [-0.4, -0.2) is 16.8 Å². The zero-order valence-corrected chi connectivity index (χ0v) is 15.8. The lowest BCUT2D eigenvalue weighted by atomic mass is 10.2. The van der Waals surface area contributed by atoms with Gasteiger partial charge >= 0.3 is 0 Å². The van der Waals surface area contributed by atoms with E-state index in [1.807, 2.05) is 12.1 Å². The van der Waals surface area contributed by atoms with E-state index in [0.29, 0.717) is 28.0 Å². The molecule has 3 aromatic rings. The fourth-order valence-electron chi connectivity index (χ4n) is 2.25. The topological polar surface area (TPSA) is 80.3 Å². The molecule has 27 heavy (non-hydrogen) atoms. The Morgan fingerprint density at radius 1 is 0.889 bits per heavy atom. The van der Waals surface area contributed by atoms with E-state index < -0.39 is 11.8 Å². The summed E-state index contributed by atoms with van der Waals surface area (Å²) in [7, 11) is 0. The molecule has 0 aliphatic heterocycles. The molecule has 0 saturated carbocycles. The summed E-state index contributed by atoms with van der Waals surface area (Å²) in [4.78, 5) is 28.2. The molecule has 7 heteroatoms. The van der Waals surface area contributed by atoms with Gasteiger partial charge in [-0.25, -0.2) is 0 Å². The number of hydrogen-bond acceptors (Lipinski definition) is 4. The fraction of sp³-hybridized carbons (Fsp3) is 0.0500. The van der Waals surface area contributed by atoms with Gasteiger partial charge in [0.1, 0.15) is 12.4 Å². The molecular weight excluding hydrogens is 410 g/mol. The van der Waals surface area contributed by atoms with Crippen molar-refractivity contribution in [2.45, 2.75) is 6.61 Å². The molecule has 0 radical (unpaired) electrons. The van der Waals surface area contributed by atoms with Crippen molar-refractivity contribution < 1.29 is 14.3 Å². The van der Waals surface area contributed by atoms with Crippen LogP contribution in [0.2, 0.25) is 0 Å². The number of aromatic nitrogens is 1. The molecular formula is C20H16BrN3O3. The van der Waals surface area contributed by atoms with E-state index in [1.54, 1.807) is 60.9 Å². The summed E-state index contributed by atoms with van der Waals surface area (Å²) in [5.41, 5.74) is 6.62. The zero-order chi connectivity index (χ0) is 19.1. The molecule has 6 nitrogen and oxygen atoms in total. The molecule has 0 unspecified atom stereocenters.